The number of ether oxygens (including phenoxy) is 1. The normalized spacial score (nSPS) is 13.8. The maximum Gasteiger partial charge on any atom is 0.262 e. The number of nitrogens with zero attached hydrogens (tertiary/aromatic N) is 1. The van der Waals surface area contributed by atoms with E-state index >= 15 is 0 Å². The number of hydrogen-bond donors (Lipinski definition) is 1. The van der Waals surface area contributed by atoms with E-state index in [1.54, 1.807) is 0 Å². The lowest BCUT2D eigenvalue weighted by atomic mass is 10.1. The minimum absolute atomic E-state index is 0.0179. The van der Waals surface area contributed by atoms with Gasteiger partial charge in [-0.2, -0.15) is 0 Å². The molecule has 1 fully saturated rings. The molecule has 4 nitrogen and oxygen atoms in total. The maximum atomic E-state index is 12.1. The van der Waals surface area contributed by atoms with Crippen LogP contribution in [0.15, 0.2) is 46.9 Å². The van der Waals surface area contributed by atoms with E-state index in [4.69, 9.17) is 4.74 Å². The summed E-state index contributed by atoms with van der Waals surface area (Å²) in [6, 6.07) is 13.7. The predicted molar refractivity (Wildman–Crippen MR) is 101 cm³/mol. The lowest BCUT2D eigenvalue weighted by Crippen LogP contribution is -2.21. The largest absolute Gasteiger partial charge is 0.483 e. The highest BCUT2D eigenvalue weighted by Gasteiger charge is 2.14. The van der Waals surface area contributed by atoms with Gasteiger partial charge in [-0.15, -0.1) is 0 Å². The summed E-state index contributed by atoms with van der Waals surface area (Å²) in [6.45, 7) is 4.23. The molecular formula is C19H21BrN2O2. The van der Waals surface area contributed by atoms with Crippen molar-refractivity contribution in [1.82, 2.24) is 0 Å². The van der Waals surface area contributed by atoms with Gasteiger partial charge in [0, 0.05) is 24.5 Å². The van der Waals surface area contributed by atoms with E-state index < -0.39 is 0 Å². The number of aryl methyl sites for hydroxylation is 1. The van der Waals surface area contributed by atoms with Crippen LogP contribution < -0.4 is 15.0 Å². The van der Waals surface area contributed by atoms with Gasteiger partial charge < -0.3 is 15.0 Å². The quantitative estimate of drug-likeness (QED) is 0.826. The summed E-state index contributed by atoms with van der Waals surface area (Å²) in [5.41, 5.74) is 3.12. The van der Waals surface area contributed by atoms with Crippen molar-refractivity contribution in [2.45, 2.75) is 19.8 Å². The highest BCUT2D eigenvalue weighted by atomic mass is 79.9. The summed E-state index contributed by atoms with van der Waals surface area (Å²) in [6.07, 6.45) is 2.51. The van der Waals surface area contributed by atoms with Crippen LogP contribution in [0.2, 0.25) is 0 Å². The monoisotopic (exact) mass is 388 g/mol. The van der Waals surface area contributed by atoms with Gasteiger partial charge in [0.2, 0.25) is 0 Å². The van der Waals surface area contributed by atoms with Crippen LogP contribution in [-0.2, 0) is 4.79 Å². The first kappa shape index (κ1) is 16.8. The van der Waals surface area contributed by atoms with Crippen LogP contribution in [0, 0.1) is 6.92 Å². The van der Waals surface area contributed by atoms with Crippen molar-refractivity contribution >= 4 is 33.2 Å². The van der Waals surface area contributed by atoms with Crippen LogP contribution in [0.1, 0.15) is 18.4 Å². The van der Waals surface area contributed by atoms with Gasteiger partial charge in [-0.25, -0.2) is 0 Å². The summed E-state index contributed by atoms with van der Waals surface area (Å²) in [4.78, 5) is 14.5. The second-order valence-electron chi connectivity index (χ2n) is 5.96. The molecule has 0 radical (unpaired) electrons. The Labute approximate surface area is 150 Å². The number of amides is 1. The van der Waals surface area contributed by atoms with Gasteiger partial charge in [0.05, 0.1) is 4.47 Å². The molecule has 0 bridgehead atoms. The molecule has 1 heterocycles. The number of nitrogens with one attached hydrogen (secondary N) is 1. The highest BCUT2D eigenvalue weighted by Crippen LogP contribution is 2.26. The third-order valence-electron chi connectivity index (χ3n) is 4.15. The van der Waals surface area contributed by atoms with Crippen molar-refractivity contribution < 1.29 is 9.53 Å². The average Bonchev–Trinajstić information content (AvgIpc) is 3.10. The third-order valence-corrected chi connectivity index (χ3v) is 4.81. The SMILES string of the molecule is Cc1cc(N2CCCC2)ccc1NC(=O)COc1ccccc1Br. The molecule has 126 valence electrons. The van der Waals surface area contributed by atoms with Crippen LogP contribution in [-0.4, -0.2) is 25.6 Å². The van der Waals surface area contributed by atoms with Crippen molar-refractivity contribution in [3.05, 3.63) is 52.5 Å². The first-order chi connectivity index (χ1) is 11.6. The fourth-order valence-electron chi connectivity index (χ4n) is 2.85. The van der Waals surface area contributed by atoms with Crippen LogP contribution in [0.5, 0.6) is 5.75 Å². The van der Waals surface area contributed by atoms with E-state index in [-0.39, 0.29) is 12.5 Å². The molecule has 0 unspecified atom stereocenters. The molecule has 2 aromatic rings. The Kier molecular flexibility index (Phi) is 5.41. The Bertz CT molecular complexity index is 727. The number of halogens is 1. The number of carbonyl (C=O) groups excluding carboxylic acids is 1. The number of rotatable bonds is 5. The molecule has 0 saturated carbocycles. The van der Waals surface area contributed by atoms with E-state index in [0.29, 0.717) is 5.75 Å². The Morgan fingerprint density at radius 3 is 2.67 bits per heavy atom. The lowest BCUT2D eigenvalue weighted by Gasteiger charge is -2.19. The van der Waals surface area contributed by atoms with Crippen molar-refractivity contribution in [3.63, 3.8) is 0 Å². The van der Waals surface area contributed by atoms with E-state index in [0.717, 1.165) is 28.8 Å². The number of carbonyl (C=O) groups is 1. The molecule has 1 N–H and O–H groups in total. The first-order valence-electron chi connectivity index (χ1n) is 8.16. The molecule has 1 aliphatic rings. The van der Waals surface area contributed by atoms with Crippen LogP contribution in [0.25, 0.3) is 0 Å². The molecule has 0 aliphatic carbocycles. The molecule has 0 aromatic heterocycles. The summed E-state index contributed by atoms with van der Waals surface area (Å²) in [7, 11) is 0. The fourth-order valence-corrected chi connectivity index (χ4v) is 3.25. The zero-order valence-corrected chi connectivity index (χ0v) is 15.3. The third kappa shape index (κ3) is 4.09. The zero-order valence-electron chi connectivity index (χ0n) is 13.7. The minimum Gasteiger partial charge on any atom is -0.483 e. The van der Waals surface area contributed by atoms with E-state index in [1.165, 1.54) is 18.5 Å². The van der Waals surface area contributed by atoms with E-state index in [9.17, 15) is 4.79 Å². The van der Waals surface area contributed by atoms with Gasteiger partial charge >= 0.3 is 0 Å². The molecular weight excluding hydrogens is 368 g/mol. The zero-order chi connectivity index (χ0) is 16.9. The van der Waals surface area contributed by atoms with Crippen molar-refractivity contribution in [1.29, 1.82) is 0 Å². The average molecular weight is 389 g/mol. The Hall–Kier alpha value is -2.01. The summed E-state index contributed by atoms with van der Waals surface area (Å²) in [5.74, 6) is 0.497. The lowest BCUT2D eigenvalue weighted by molar-refractivity contribution is -0.118. The van der Waals surface area contributed by atoms with Crippen molar-refractivity contribution in [3.8, 4) is 5.75 Å². The molecule has 3 rings (SSSR count). The van der Waals surface area contributed by atoms with Crippen molar-refractivity contribution in [2.75, 3.05) is 29.9 Å². The smallest absolute Gasteiger partial charge is 0.262 e. The standard InChI is InChI=1S/C19H21BrN2O2/c1-14-12-15(22-10-4-5-11-22)8-9-17(14)21-19(23)13-24-18-7-3-2-6-16(18)20/h2-3,6-9,12H,4-5,10-11,13H2,1H3,(H,21,23). The van der Waals surface area contributed by atoms with Crippen molar-refractivity contribution in [2.24, 2.45) is 0 Å². The van der Waals surface area contributed by atoms with Crippen LogP contribution in [0.3, 0.4) is 0 Å². The number of benzene rings is 2. The van der Waals surface area contributed by atoms with Gasteiger partial charge in [-0.1, -0.05) is 12.1 Å². The fraction of sp³-hybridized carbons (Fsp3) is 0.316. The molecule has 2 aromatic carbocycles. The second-order valence-corrected chi connectivity index (χ2v) is 6.81. The topological polar surface area (TPSA) is 41.6 Å². The van der Waals surface area contributed by atoms with Gasteiger partial charge in [0.15, 0.2) is 6.61 Å². The Morgan fingerprint density at radius 1 is 1.21 bits per heavy atom. The molecule has 1 aliphatic heterocycles. The van der Waals surface area contributed by atoms with Gasteiger partial charge in [0.1, 0.15) is 5.75 Å². The second kappa shape index (κ2) is 7.71. The highest BCUT2D eigenvalue weighted by molar-refractivity contribution is 9.10. The first-order valence-corrected chi connectivity index (χ1v) is 8.95. The van der Waals surface area contributed by atoms with Gasteiger partial charge in [-0.05, 0) is 71.6 Å². The molecule has 0 spiro atoms. The molecule has 1 saturated heterocycles. The summed E-state index contributed by atoms with van der Waals surface area (Å²) in [5, 5.41) is 2.92. The predicted octanol–water partition coefficient (Wildman–Crippen LogP) is 4.38. The number of para-hydroxylation sites is 1. The van der Waals surface area contributed by atoms with Gasteiger partial charge in [-0.3, -0.25) is 4.79 Å². The summed E-state index contributed by atoms with van der Waals surface area (Å²) >= 11 is 3.40. The van der Waals surface area contributed by atoms with Crippen LogP contribution >= 0.6 is 15.9 Å². The Morgan fingerprint density at radius 2 is 1.96 bits per heavy atom. The summed E-state index contributed by atoms with van der Waals surface area (Å²) < 4.78 is 6.39. The molecule has 5 heteroatoms. The Balaban J connectivity index is 1.59. The van der Waals surface area contributed by atoms with E-state index in [1.807, 2.05) is 37.3 Å². The maximum absolute atomic E-state index is 12.1. The van der Waals surface area contributed by atoms with Crippen LogP contribution in [0.4, 0.5) is 11.4 Å². The van der Waals surface area contributed by atoms with Gasteiger partial charge in [0.25, 0.3) is 5.91 Å². The molecule has 0 atom stereocenters. The van der Waals surface area contributed by atoms with E-state index in [2.05, 4.69) is 38.3 Å². The number of hydrogen-bond acceptors (Lipinski definition) is 3. The minimum atomic E-state index is -0.164. The molecule has 24 heavy (non-hydrogen) atoms. The molecule has 1 amide bonds. The number of anilines is 2.